The van der Waals surface area contributed by atoms with E-state index >= 15 is 0 Å². The molecule has 3 rings (SSSR count). The lowest BCUT2D eigenvalue weighted by atomic mass is 10.0. The molecule has 5 nitrogen and oxygen atoms in total. The molecule has 2 atom stereocenters. The Labute approximate surface area is 130 Å². The zero-order valence-corrected chi connectivity index (χ0v) is 13.3. The van der Waals surface area contributed by atoms with E-state index in [2.05, 4.69) is 4.98 Å². The van der Waals surface area contributed by atoms with Gasteiger partial charge in [-0.25, -0.2) is 8.42 Å². The normalized spacial score (nSPS) is 21.8. The highest BCUT2D eigenvalue weighted by Crippen LogP contribution is 2.30. The quantitative estimate of drug-likeness (QED) is 0.941. The summed E-state index contributed by atoms with van der Waals surface area (Å²) < 4.78 is 27.7. The van der Waals surface area contributed by atoms with Crippen molar-refractivity contribution in [1.29, 1.82) is 0 Å². The number of aliphatic hydroxyl groups excluding tert-OH is 1. The second kappa shape index (κ2) is 5.95. The van der Waals surface area contributed by atoms with E-state index in [9.17, 15) is 13.5 Å². The fraction of sp³-hybridized carbons (Fsp3) is 0.438. The number of benzene rings is 1. The Bertz CT molecular complexity index is 769. The zero-order valence-electron chi connectivity index (χ0n) is 12.5. The fourth-order valence-corrected chi connectivity index (χ4v) is 5.10. The minimum Gasteiger partial charge on any atom is -0.392 e. The van der Waals surface area contributed by atoms with Crippen LogP contribution < -0.4 is 0 Å². The smallest absolute Gasteiger partial charge is 0.244 e. The average molecular weight is 320 g/mol. The molecule has 1 saturated heterocycles. The summed E-state index contributed by atoms with van der Waals surface area (Å²) in [6.07, 6.45) is 3.44. The molecule has 1 N–H and O–H groups in total. The first-order chi connectivity index (χ1) is 10.5. The van der Waals surface area contributed by atoms with Gasteiger partial charge in [-0.15, -0.1) is 0 Å². The highest BCUT2D eigenvalue weighted by atomic mass is 32.2. The summed E-state index contributed by atoms with van der Waals surface area (Å²) in [6.45, 7) is 2.11. The molecule has 0 radical (unpaired) electrons. The van der Waals surface area contributed by atoms with E-state index in [0.717, 1.165) is 12.8 Å². The molecule has 0 amide bonds. The number of aliphatic hydroxyl groups is 1. The number of piperidine rings is 1. The maximum atomic E-state index is 13.1. The van der Waals surface area contributed by atoms with E-state index in [4.69, 9.17) is 0 Å². The number of nitrogens with zero attached hydrogens (tertiary/aromatic N) is 2. The van der Waals surface area contributed by atoms with Crippen LogP contribution in [0.2, 0.25) is 0 Å². The Hall–Kier alpha value is -1.50. The van der Waals surface area contributed by atoms with Crippen LogP contribution in [-0.4, -0.2) is 41.5 Å². The zero-order chi connectivity index (χ0) is 15.7. The van der Waals surface area contributed by atoms with Gasteiger partial charge in [-0.3, -0.25) is 4.98 Å². The van der Waals surface area contributed by atoms with Crippen LogP contribution in [0.4, 0.5) is 0 Å². The molecule has 1 aliphatic heterocycles. The van der Waals surface area contributed by atoms with Crippen molar-refractivity contribution >= 4 is 20.9 Å². The van der Waals surface area contributed by atoms with Crippen molar-refractivity contribution in [2.75, 3.05) is 6.54 Å². The summed E-state index contributed by atoms with van der Waals surface area (Å²) >= 11 is 0. The molecular formula is C16H20N2O3S. The predicted octanol–water partition coefficient (Wildman–Crippen LogP) is 2.16. The first-order valence-electron chi connectivity index (χ1n) is 7.55. The van der Waals surface area contributed by atoms with E-state index in [1.165, 1.54) is 4.31 Å². The third-order valence-corrected chi connectivity index (χ3v) is 6.23. The number of rotatable bonds is 3. The summed E-state index contributed by atoms with van der Waals surface area (Å²) in [5.41, 5.74) is 0.661. The minimum atomic E-state index is -3.65. The van der Waals surface area contributed by atoms with Crippen molar-refractivity contribution in [2.45, 2.75) is 43.2 Å². The van der Waals surface area contributed by atoms with E-state index in [1.807, 2.05) is 0 Å². The van der Waals surface area contributed by atoms with Crippen molar-refractivity contribution in [3.63, 3.8) is 0 Å². The van der Waals surface area contributed by atoms with Crippen LogP contribution in [0, 0.1) is 0 Å². The van der Waals surface area contributed by atoms with Gasteiger partial charge in [0.15, 0.2) is 0 Å². The van der Waals surface area contributed by atoms with E-state index in [0.29, 0.717) is 23.9 Å². The van der Waals surface area contributed by atoms with E-state index < -0.39 is 16.1 Å². The van der Waals surface area contributed by atoms with Gasteiger partial charge in [0.05, 0.1) is 22.6 Å². The molecule has 1 aliphatic rings. The molecule has 1 fully saturated rings. The Morgan fingerprint density at radius 3 is 2.86 bits per heavy atom. The van der Waals surface area contributed by atoms with Gasteiger partial charge >= 0.3 is 0 Å². The van der Waals surface area contributed by atoms with Crippen molar-refractivity contribution in [3.8, 4) is 0 Å². The third kappa shape index (κ3) is 2.62. The second-order valence-electron chi connectivity index (χ2n) is 5.75. The summed E-state index contributed by atoms with van der Waals surface area (Å²) in [7, 11) is -3.65. The summed E-state index contributed by atoms with van der Waals surface area (Å²) in [6, 6.07) is 8.29. The van der Waals surface area contributed by atoms with Crippen LogP contribution in [0.1, 0.15) is 26.2 Å². The molecule has 0 aliphatic carbocycles. The van der Waals surface area contributed by atoms with Crippen LogP contribution in [0.15, 0.2) is 41.4 Å². The van der Waals surface area contributed by atoms with E-state index in [1.54, 1.807) is 43.5 Å². The van der Waals surface area contributed by atoms with Crippen LogP contribution in [0.5, 0.6) is 0 Å². The minimum absolute atomic E-state index is 0.269. The molecule has 118 valence electrons. The average Bonchev–Trinajstić information content (AvgIpc) is 2.54. The fourth-order valence-electron chi connectivity index (χ4n) is 3.14. The maximum Gasteiger partial charge on any atom is 0.244 e. The number of pyridine rings is 1. The van der Waals surface area contributed by atoms with Gasteiger partial charge in [-0.05, 0) is 44.0 Å². The summed E-state index contributed by atoms with van der Waals surface area (Å²) in [4.78, 5) is 4.49. The lowest BCUT2D eigenvalue weighted by Crippen LogP contribution is -2.48. The molecule has 1 aromatic carbocycles. The summed E-state index contributed by atoms with van der Waals surface area (Å²) in [5, 5.41) is 10.6. The molecule has 0 bridgehead atoms. The molecule has 1 aromatic heterocycles. The number of hydrogen-bond donors (Lipinski definition) is 1. The van der Waals surface area contributed by atoms with Crippen LogP contribution in [-0.2, 0) is 10.0 Å². The molecule has 0 spiro atoms. The Kier molecular flexibility index (Phi) is 4.16. The van der Waals surface area contributed by atoms with Gasteiger partial charge in [0, 0.05) is 18.1 Å². The van der Waals surface area contributed by atoms with Crippen LogP contribution in [0.3, 0.4) is 0 Å². The molecule has 6 heteroatoms. The first-order valence-corrected chi connectivity index (χ1v) is 8.99. The molecule has 2 heterocycles. The van der Waals surface area contributed by atoms with Crippen molar-refractivity contribution in [3.05, 3.63) is 36.5 Å². The Morgan fingerprint density at radius 2 is 2.09 bits per heavy atom. The van der Waals surface area contributed by atoms with E-state index in [-0.39, 0.29) is 10.9 Å². The molecule has 0 saturated carbocycles. The molecule has 0 unspecified atom stereocenters. The molecule has 2 aromatic rings. The number of aromatic nitrogens is 1. The van der Waals surface area contributed by atoms with Crippen molar-refractivity contribution < 1.29 is 13.5 Å². The lowest BCUT2D eigenvalue weighted by molar-refractivity contribution is 0.0831. The third-order valence-electron chi connectivity index (χ3n) is 4.25. The Morgan fingerprint density at radius 1 is 1.27 bits per heavy atom. The van der Waals surface area contributed by atoms with Gasteiger partial charge in [-0.1, -0.05) is 12.5 Å². The van der Waals surface area contributed by atoms with Crippen LogP contribution in [0.25, 0.3) is 10.9 Å². The highest BCUT2D eigenvalue weighted by molar-refractivity contribution is 7.89. The second-order valence-corrected chi connectivity index (χ2v) is 7.60. The van der Waals surface area contributed by atoms with Gasteiger partial charge < -0.3 is 5.11 Å². The number of sulfonamides is 1. The first kappa shape index (κ1) is 15.4. The summed E-state index contributed by atoms with van der Waals surface area (Å²) in [5.74, 6) is 0. The molecule has 22 heavy (non-hydrogen) atoms. The van der Waals surface area contributed by atoms with Crippen LogP contribution >= 0.6 is 0 Å². The SMILES string of the molecule is C[C@H](O)[C@@H]1CCCCN1S(=O)(=O)c1cccc2ncccc12. The molecular weight excluding hydrogens is 300 g/mol. The topological polar surface area (TPSA) is 70.5 Å². The van der Waals surface area contributed by atoms with Gasteiger partial charge in [-0.2, -0.15) is 4.31 Å². The monoisotopic (exact) mass is 320 g/mol. The predicted molar refractivity (Wildman–Crippen MR) is 85.0 cm³/mol. The van der Waals surface area contributed by atoms with Crippen molar-refractivity contribution in [2.24, 2.45) is 0 Å². The Balaban J connectivity index is 2.11. The van der Waals surface area contributed by atoms with Gasteiger partial charge in [0.1, 0.15) is 0 Å². The maximum absolute atomic E-state index is 13.1. The van der Waals surface area contributed by atoms with Gasteiger partial charge in [0.25, 0.3) is 0 Å². The highest BCUT2D eigenvalue weighted by Gasteiger charge is 2.36. The lowest BCUT2D eigenvalue weighted by Gasteiger charge is -2.36. The largest absolute Gasteiger partial charge is 0.392 e. The number of fused-ring (bicyclic) bond motifs is 1. The standard InChI is InChI=1S/C16H20N2O3S/c1-12(19)15-8-2-3-11-18(15)22(20,21)16-9-4-7-14-13(16)6-5-10-17-14/h4-7,9-10,12,15,19H,2-3,8,11H2,1H3/t12-,15-/m0/s1. The van der Waals surface area contributed by atoms with Crippen molar-refractivity contribution in [1.82, 2.24) is 9.29 Å². The van der Waals surface area contributed by atoms with Gasteiger partial charge in [0.2, 0.25) is 10.0 Å². The number of hydrogen-bond acceptors (Lipinski definition) is 4.